The smallest absolute Gasteiger partial charge is 0.152 e. The summed E-state index contributed by atoms with van der Waals surface area (Å²) >= 11 is 0. The van der Waals surface area contributed by atoms with Crippen molar-refractivity contribution in [1.29, 1.82) is 0 Å². The van der Waals surface area contributed by atoms with Gasteiger partial charge < -0.3 is 5.73 Å². The third-order valence-electron chi connectivity index (χ3n) is 3.78. The molecule has 114 valence electrons. The van der Waals surface area contributed by atoms with Crippen LogP contribution in [0.5, 0.6) is 0 Å². The third kappa shape index (κ3) is 4.60. The minimum Gasteiger partial charge on any atom is -0.323 e. The van der Waals surface area contributed by atoms with Gasteiger partial charge in [-0.2, -0.15) is 0 Å². The summed E-state index contributed by atoms with van der Waals surface area (Å²) in [5, 5.41) is 0. The van der Waals surface area contributed by atoms with Crippen LogP contribution in [0.15, 0.2) is 12.1 Å². The summed E-state index contributed by atoms with van der Waals surface area (Å²) in [7, 11) is -3.11. The molecule has 2 atom stereocenters. The quantitative estimate of drug-likeness (QED) is 0.878. The molecule has 0 spiro atoms. The van der Waals surface area contributed by atoms with E-state index in [-0.39, 0.29) is 17.4 Å². The molecule has 0 saturated heterocycles. The highest BCUT2D eigenvalue weighted by Crippen LogP contribution is 2.24. The molecule has 0 aliphatic carbocycles. The van der Waals surface area contributed by atoms with Crippen molar-refractivity contribution in [2.24, 2.45) is 11.7 Å². The summed E-state index contributed by atoms with van der Waals surface area (Å²) < 4.78 is 24.4. The SMILES string of the molecule is CCC(C)CS(=O)(=O)CC(N)c1c(C)cc(C)cc1C. The van der Waals surface area contributed by atoms with Gasteiger partial charge >= 0.3 is 0 Å². The van der Waals surface area contributed by atoms with Gasteiger partial charge in [-0.3, -0.25) is 0 Å². The van der Waals surface area contributed by atoms with Crippen molar-refractivity contribution < 1.29 is 8.42 Å². The van der Waals surface area contributed by atoms with Crippen LogP contribution in [0.3, 0.4) is 0 Å². The molecule has 0 fully saturated rings. The van der Waals surface area contributed by atoms with Crippen molar-refractivity contribution in [3.05, 3.63) is 34.4 Å². The molecule has 2 N–H and O–H groups in total. The molecule has 0 amide bonds. The fourth-order valence-electron chi connectivity index (χ4n) is 2.75. The number of nitrogens with two attached hydrogens (primary N) is 1. The highest BCUT2D eigenvalue weighted by atomic mass is 32.2. The third-order valence-corrected chi connectivity index (χ3v) is 5.72. The molecular formula is C16H27NO2S. The number of rotatable bonds is 6. The van der Waals surface area contributed by atoms with Crippen molar-refractivity contribution in [2.45, 2.75) is 47.1 Å². The van der Waals surface area contributed by atoms with Crippen LogP contribution < -0.4 is 5.73 Å². The lowest BCUT2D eigenvalue weighted by Gasteiger charge is -2.19. The topological polar surface area (TPSA) is 60.2 Å². The lowest BCUT2D eigenvalue weighted by atomic mass is 9.95. The van der Waals surface area contributed by atoms with E-state index in [4.69, 9.17) is 5.73 Å². The molecule has 1 aromatic rings. The van der Waals surface area contributed by atoms with E-state index in [1.807, 2.05) is 34.6 Å². The highest BCUT2D eigenvalue weighted by Gasteiger charge is 2.22. The lowest BCUT2D eigenvalue weighted by molar-refractivity contribution is 0.558. The summed E-state index contributed by atoms with van der Waals surface area (Å²) in [4.78, 5) is 0. The first-order valence-electron chi connectivity index (χ1n) is 7.20. The summed E-state index contributed by atoms with van der Waals surface area (Å²) in [5.74, 6) is 0.441. The number of benzene rings is 1. The first-order valence-corrected chi connectivity index (χ1v) is 9.02. The van der Waals surface area contributed by atoms with E-state index >= 15 is 0 Å². The number of sulfone groups is 1. The summed E-state index contributed by atoms with van der Waals surface area (Å²) in [6, 6.07) is 3.68. The van der Waals surface area contributed by atoms with Crippen LogP contribution in [-0.4, -0.2) is 19.9 Å². The average Bonchev–Trinajstić information content (AvgIpc) is 2.25. The summed E-state index contributed by atoms with van der Waals surface area (Å²) in [6.45, 7) is 10.0. The van der Waals surface area contributed by atoms with Gasteiger partial charge in [-0.15, -0.1) is 0 Å². The molecule has 0 aromatic heterocycles. The second kappa shape index (κ2) is 6.72. The molecule has 1 rings (SSSR count). The van der Waals surface area contributed by atoms with Crippen molar-refractivity contribution in [3.63, 3.8) is 0 Å². The van der Waals surface area contributed by atoms with Crippen LogP contribution in [0.2, 0.25) is 0 Å². The predicted octanol–water partition coefficient (Wildman–Crippen LogP) is 3.07. The van der Waals surface area contributed by atoms with E-state index in [1.54, 1.807) is 0 Å². The number of aryl methyl sites for hydroxylation is 3. The normalized spacial score (nSPS) is 15.1. The Balaban J connectivity index is 2.95. The average molecular weight is 297 g/mol. The molecular weight excluding hydrogens is 270 g/mol. The van der Waals surface area contributed by atoms with E-state index in [1.165, 1.54) is 5.56 Å². The molecule has 0 bridgehead atoms. The van der Waals surface area contributed by atoms with Gasteiger partial charge in [0.2, 0.25) is 0 Å². The summed E-state index contributed by atoms with van der Waals surface area (Å²) in [6.07, 6.45) is 0.872. The molecule has 3 nitrogen and oxygen atoms in total. The van der Waals surface area contributed by atoms with Gasteiger partial charge in [0.1, 0.15) is 0 Å². The Labute approximate surface area is 123 Å². The molecule has 0 aliphatic heterocycles. The van der Waals surface area contributed by atoms with E-state index in [9.17, 15) is 8.42 Å². The number of hydrogen-bond donors (Lipinski definition) is 1. The maximum atomic E-state index is 12.2. The van der Waals surface area contributed by atoms with Crippen molar-refractivity contribution >= 4 is 9.84 Å². The Hall–Kier alpha value is -0.870. The van der Waals surface area contributed by atoms with Gasteiger partial charge in [0.05, 0.1) is 11.5 Å². The predicted molar refractivity (Wildman–Crippen MR) is 85.7 cm³/mol. The van der Waals surface area contributed by atoms with Gasteiger partial charge in [-0.1, -0.05) is 38.0 Å². The minimum atomic E-state index is -3.11. The molecule has 4 heteroatoms. The fraction of sp³-hybridized carbons (Fsp3) is 0.625. The Kier molecular flexibility index (Phi) is 5.78. The summed E-state index contributed by atoms with van der Waals surface area (Å²) in [5.41, 5.74) is 10.5. The van der Waals surface area contributed by atoms with E-state index in [2.05, 4.69) is 12.1 Å². The molecule has 0 saturated carbocycles. The van der Waals surface area contributed by atoms with Crippen LogP contribution in [0.25, 0.3) is 0 Å². The first kappa shape index (κ1) is 17.2. The second-order valence-corrected chi connectivity index (χ2v) is 8.16. The molecule has 20 heavy (non-hydrogen) atoms. The first-order chi connectivity index (χ1) is 9.16. The van der Waals surface area contributed by atoms with Crippen LogP contribution in [-0.2, 0) is 9.84 Å². The van der Waals surface area contributed by atoms with Crippen LogP contribution in [0, 0.1) is 26.7 Å². The van der Waals surface area contributed by atoms with Crippen molar-refractivity contribution in [3.8, 4) is 0 Å². The molecule has 0 heterocycles. The zero-order chi connectivity index (χ0) is 15.5. The second-order valence-electron chi connectivity index (χ2n) is 6.01. The van der Waals surface area contributed by atoms with Crippen molar-refractivity contribution in [2.75, 3.05) is 11.5 Å². The van der Waals surface area contributed by atoms with Crippen LogP contribution >= 0.6 is 0 Å². The molecule has 0 aliphatic rings. The Bertz CT molecular complexity index is 541. The fourth-order valence-corrected chi connectivity index (χ4v) is 4.70. The van der Waals surface area contributed by atoms with Gasteiger partial charge in [0.15, 0.2) is 9.84 Å². The molecule has 2 unspecified atom stereocenters. The van der Waals surface area contributed by atoms with Gasteiger partial charge in [0.25, 0.3) is 0 Å². The maximum absolute atomic E-state index is 12.2. The van der Waals surface area contributed by atoms with Gasteiger partial charge in [-0.05, 0) is 43.4 Å². The van der Waals surface area contributed by atoms with E-state index < -0.39 is 15.9 Å². The van der Waals surface area contributed by atoms with Gasteiger partial charge in [0, 0.05) is 6.04 Å². The van der Waals surface area contributed by atoms with Crippen LogP contribution in [0.4, 0.5) is 0 Å². The van der Waals surface area contributed by atoms with Crippen LogP contribution in [0.1, 0.15) is 48.6 Å². The zero-order valence-corrected chi connectivity index (χ0v) is 14.0. The Morgan fingerprint density at radius 3 is 2.05 bits per heavy atom. The maximum Gasteiger partial charge on any atom is 0.152 e. The largest absolute Gasteiger partial charge is 0.323 e. The monoisotopic (exact) mass is 297 g/mol. The molecule has 1 aromatic carbocycles. The molecule has 0 radical (unpaired) electrons. The Morgan fingerprint density at radius 1 is 1.10 bits per heavy atom. The zero-order valence-electron chi connectivity index (χ0n) is 13.2. The number of hydrogen-bond acceptors (Lipinski definition) is 3. The highest BCUT2D eigenvalue weighted by molar-refractivity contribution is 7.91. The standard InChI is InChI=1S/C16H27NO2S/c1-6-11(2)9-20(18,19)10-15(17)16-13(4)7-12(3)8-14(16)5/h7-8,11,15H,6,9-10,17H2,1-5H3. The van der Waals surface area contributed by atoms with E-state index in [0.29, 0.717) is 0 Å². The van der Waals surface area contributed by atoms with Gasteiger partial charge in [-0.25, -0.2) is 8.42 Å². The Morgan fingerprint density at radius 2 is 1.60 bits per heavy atom. The lowest BCUT2D eigenvalue weighted by Crippen LogP contribution is -2.27. The van der Waals surface area contributed by atoms with E-state index in [0.717, 1.165) is 23.1 Å². The minimum absolute atomic E-state index is 0.0298. The van der Waals surface area contributed by atoms with Crippen molar-refractivity contribution in [1.82, 2.24) is 0 Å².